The van der Waals surface area contributed by atoms with E-state index in [1.807, 2.05) is 62.4 Å². The fraction of sp³-hybridized carbons (Fsp3) is 0.154. The lowest BCUT2D eigenvalue weighted by molar-refractivity contribution is -0.132. The lowest BCUT2D eigenvalue weighted by Gasteiger charge is -2.25. The number of hydrogen-bond acceptors (Lipinski definition) is 4. The molecule has 3 aromatic carbocycles. The number of anilines is 1. The monoisotopic (exact) mass is 413 g/mol. The van der Waals surface area contributed by atoms with E-state index in [2.05, 4.69) is 0 Å². The van der Waals surface area contributed by atoms with Crippen molar-refractivity contribution in [2.45, 2.75) is 19.9 Å². The van der Waals surface area contributed by atoms with Crippen LogP contribution >= 0.6 is 0 Å². The summed E-state index contributed by atoms with van der Waals surface area (Å²) in [4.78, 5) is 27.8. The van der Waals surface area contributed by atoms with Crippen LogP contribution in [0.5, 0.6) is 5.75 Å². The number of aryl methyl sites for hydroxylation is 2. The highest BCUT2D eigenvalue weighted by atomic mass is 16.5. The molecule has 0 radical (unpaired) electrons. The second-order valence-corrected chi connectivity index (χ2v) is 7.62. The van der Waals surface area contributed by atoms with Crippen molar-refractivity contribution in [3.8, 4) is 5.75 Å². The number of aliphatic hydroxyl groups excluding tert-OH is 1. The second kappa shape index (κ2) is 8.11. The molecule has 1 aliphatic heterocycles. The fourth-order valence-corrected chi connectivity index (χ4v) is 3.99. The number of benzene rings is 3. The Morgan fingerprint density at radius 3 is 2.29 bits per heavy atom. The number of carbonyl (C=O) groups is 2. The lowest BCUT2D eigenvalue weighted by Crippen LogP contribution is -2.29. The standard InChI is InChI=1S/C26H23NO4/c1-16-8-7-9-18(14-16)23-22(24(28)20-15-17(2)12-13-21(20)31-3)25(29)26(30)27(23)19-10-5-4-6-11-19/h4-15,23,28H,1-3H3/b24-22+. The van der Waals surface area contributed by atoms with E-state index in [0.717, 1.165) is 16.7 Å². The van der Waals surface area contributed by atoms with Crippen LogP contribution in [0.15, 0.2) is 78.4 Å². The van der Waals surface area contributed by atoms with Crippen LogP contribution in [-0.4, -0.2) is 23.9 Å². The third kappa shape index (κ3) is 3.59. The normalized spacial score (nSPS) is 17.8. The third-order valence-corrected chi connectivity index (χ3v) is 5.45. The van der Waals surface area contributed by atoms with Gasteiger partial charge >= 0.3 is 0 Å². The molecule has 5 heteroatoms. The van der Waals surface area contributed by atoms with E-state index in [9.17, 15) is 14.7 Å². The molecule has 156 valence electrons. The van der Waals surface area contributed by atoms with Crippen molar-refractivity contribution in [3.63, 3.8) is 0 Å². The number of para-hydroxylation sites is 1. The van der Waals surface area contributed by atoms with Gasteiger partial charge in [0.2, 0.25) is 0 Å². The Hall–Kier alpha value is -3.86. The van der Waals surface area contributed by atoms with E-state index in [0.29, 0.717) is 17.0 Å². The third-order valence-electron chi connectivity index (χ3n) is 5.45. The molecular weight excluding hydrogens is 390 g/mol. The van der Waals surface area contributed by atoms with Gasteiger partial charge in [0.05, 0.1) is 24.3 Å². The first-order valence-corrected chi connectivity index (χ1v) is 10.00. The van der Waals surface area contributed by atoms with Crippen LogP contribution in [0, 0.1) is 13.8 Å². The minimum atomic E-state index is -0.757. The number of methoxy groups -OCH3 is 1. The van der Waals surface area contributed by atoms with Gasteiger partial charge in [-0.05, 0) is 43.7 Å². The van der Waals surface area contributed by atoms with Crippen LogP contribution < -0.4 is 9.64 Å². The van der Waals surface area contributed by atoms with Crippen LogP contribution in [0.25, 0.3) is 5.76 Å². The molecule has 0 saturated carbocycles. The first kappa shape index (κ1) is 20.4. The second-order valence-electron chi connectivity index (χ2n) is 7.62. The number of nitrogens with zero attached hydrogens (tertiary/aromatic N) is 1. The number of ether oxygens (including phenoxy) is 1. The predicted octanol–water partition coefficient (Wildman–Crippen LogP) is 4.94. The Balaban J connectivity index is 2.00. The number of hydrogen-bond donors (Lipinski definition) is 1. The molecule has 1 unspecified atom stereocenters. The summed E-state index contributed by atoms with van der Waals surface area (Å²) in [7, 11) is 1.50. The number of carbonyl (C=O) groups excluding carboxylic acids is 2. The van der Waals surface area contributed by atoms with Crippen LogP contribution in [0.3, 0.4) is 0 Å². The number of ketones is 1. The quantitative estimate of drug-likeness (QED) is 0.374. The molecule has 31 heavy (non-hydrogen) atoms. The zero-order valence-electron chi connectivity index (χ0n) is 17.6. The maximum absolute atomic E-state index is 13.2. The molecule has 1 fully saturated rings. The van der Waals surface area contributed by atoms with Crippen LogP contribution in [-0.2, 0) is 9.59 Å². The molecule has 0 aromatic heterocycles. The smallest absolute Gasteiger partial charge is 0.300 e. The van der Waals surface area contributed by atoms with Crippen LogP contribution in [0.4, 0.5) is 5.69 Å². The van der Waals surface area contributed by atoms with Gasteiger partial charge in [0, 0.05) is 5.69 Å². The molecule has 0 aliphatic carbocycles. The van der Waals surface area contributed by atoms with Gasteiger partial charge in [-0.2, -0.15) is 0 Å². The average molecular weight is 413 g/mol. The van der Waals surface area contributed by atoms with Crippen molar-refractivity contribution in [1.29, 1.82) is 0 Å². The number of aliphatic hydroxyl groups is 1. The molecule has 0 spiro atoms. The van der Waals surface area contributed by atoms with Gasteiger partial charge in [0.1, 0.15) is 11.5 Å². The Morgan fingerprint density at radius 2 is 1.61 bits per heavy atom. The molecule has 1 heterocycles. The number of amides is 1. The minimum absolute atomic E-state index is 0.0448. The van der Waals surface area contributed by atoms with Gasteiger partial charge in [0.15, 0.2) is 0 Å². The van der Waals surface area contributed by atoms with Gasteiger partial charge in [-0.15, -0.1) is 0 Å². The van der Waals surface area contributed by atoms with Gasteiger partial charge in [-0.3, -0.25) is 14.5 Å². The lowest BCUT2D eigenvalue weighted by atomic mass is 9.93. The molecular formula is C26H23NO4. The maximum Gasteiger partial charge on any atom is 0.300 e. The molecule has 3 aromatic rings. The summed E-state index contributed by atoms with van der Waals surface area (Å²) >= 11 is 0. The molecule has 1 saturated heterocycles. The average Bonchev–Trinajstić information content (AvgIpc) is 3.04. The highest BCUT2D eigenvalue weighted by Crippen LogP contribution is 2.43. The Kier molecular flexibility index (Phi) is 5.34. The summed E-state index contributed by atoms with van der Waals surface area (Å²) in [6, 6.07) is 21.2. The highest BCUT2D eigenvalue weighted by Gasteiger charge is 2.47. The number of rotatable bonds is 4. The zero-order chi connectivity index (χ0) is 22.1. The summed E-state index contributed by atoms with van der Waals surface area (Å²) in [6.45, 7) is 3.83. The van der Waals surface area contributed by atoms with E-state index in [4.69, 9.17) is 4.74 Å². The van der Waals surface area contributed by atoms with Crippen molar-refractivity contribution >= 4 is 23.1 Å². The summed E-state index contributed by atoms with van der Waals surface area (Å²) in [5.74, 6) is -1.22. The Bertz CT molecular complexity index is 1200. The maximum atomic E-state index is 13.2. The summed E-state index contributed by atoms with van der Waals surface area (Å²) in [5, 5.41) is 11.3. The predicted molar refractivity (Wildman–Crippen MR) is 120 cm³/mol. The van der Waals surface area contributed by atoms with Gasteiger partial charge in [0.25, 0.3) is 11.7 Å². The van der Waals surface area contributed by atoms with Gasteiger partial charge < -0.3 is 9.84 Å². The number of Topliss-reactive ketones (excluding diaryl/α,β-unsaturated/α-hetero) is 1. The molecule has 1 atom stereocenters. The van der Waals surface area contributed by atoms with E-state index in [1.165, 1.54) is 12.0 Å². The van der Waals surface area contributed by atoms with Crippen LogP contribution in [0.1, 0.15) is 28.3 Å². The highest BCUT2D eigenvalue weighted by molar-refractivity contribution is 6.51. The summed E-state index contributed by atoms with van der Waals surface area (Å²) < 4.78 is 5.41. The van der Waals surface area contributed by atoms with E-state index >= 15 is 0 Å². The minimum Gasteiger partial charge on any atom is -0.507 e. The molecule has 0 bridgehead atoms. The van der Waals surface area contributed by atoms with E-state index in [-0.39, 0.29) is 11.3 Å². The first-order chi connectivity index (χ1) is 14.9. The SMILES string of the molecule is COc1ccc(C)cc1/C(O)=C1\C(=O)C(=O)N(c2ccccc2)C1c1cccc(C)c1. The van der Waals surface area contributed by atoms with Gasteiger partial charge in [-0.1, -0.05) is 59.7 Å². The largest absolute Gasteiger partial charge is 0.507 e. The van der Waals surface area contributed by atoms with E-state index < -0.39 is 17.7 Å². The molecule has 4 rings (SSSR count). The summed E-state index contributed by atoms with van der Waals surface area (Å²) in [5.41, 5.74) is 3.65. The summed E-state index contributed by atoms with van der Waals surface area (Å²) in [6.07, 6.45) is 0. The zero-order valence-corrected chi connectivity index (χ0v) is 17.6. The van der Waals surface area contributed by atoms with Crippen molar-refractivity contribution in [3.05, 3.63) is 101 Å². The van der Waals surface area contributed by atoms with Crippen molar-refractivity contribution in [2.75, 3.05) is 12.0 Å². The van der Waals surface area contributed by atoms with Crippen molar-refractivity contribution in [2.24, 2.45) is 0 Å². The molecule has 1 aliphatic rings. The molecule has 5 nitrogen and oxygen atoms in total. The van der Waals surface area contributed by atoms with E-state index in [1.54, 1.807) is 24.3 Å². The molecule has 1 N–H and O–H groups in total. The Morgan fingerprint density at radius 1 is 0.903 bits per heavy atom. The topological polar surface area (TPSA) is 66.8 Å². The van der Waals surface area contributed by atoms with Crippen LogP contribution in [0.2, 0.25) is 0 Å². The molecule has 1 amide bonds. The van der Waals surface area contributed by atoms with Gasteiger partial charge in [-0.25, -0.2) is 0 Å². The van der Waals surface area contributed by atoms with Crippen molar-refractivity contribution in [1.82, 2.24) is 0 Å². The first-order valence-electron chi connectivity index (χ1n) is 10.00. The Labute approximate surface area is 181 Å². The fourth-order valence-electron chi connectivity index (χ4n) is 3.99. The van der Waals surface area contributed by atoms with Crippen molar-refractivity contribution < 1.29 is 19.4 Å².